The number of ether oxygens (including phenoxy) is 1. The molecule has 4 heteroatoms. The van der Waals surface area contributed by atoms with Gasteiger partial charge in [0.1, 0.15) is 0 Å². The summed E-state index contributed by atoms with van der Waals surface area (Å²) in [6.07, 6.45) is 1.78. The van der Waals surface area contributed by atoms with Gasteiger partial charge in [-0.05, 0) is 18.8 Å². The van der Waals surface area contributed by atoms with Crippen molar-refractivity contribution in [3.05, 3.63) is 12.7 Å². The van der Waals surface area contributed by atoms with Crippen LogP contribution in [0.3, 0.4) is 0 Å². The van der Waals surface area contributed by atoms with Crippen molar-refractivity contribution in [2.24, 2.45) is 17.8 Å². The Labute approximate surface area is 88.6 Å². The number of aliphatic hydroxyl groups excluding tert-OH is 2. The first-order chi connectivity index (χ1) is 7.13. The van der Waals surface area contributed by atoms with Crippen LogP contribution in [0.2, 0.25) is 0 Å². The zero-order chi connectivity index (χ0) is 11.0. The molecular formula is C11H16O4. The lowest BCUT2D eigenvalue weighted by Gasteiger charge is -2.29. The number of esters is 1. The lowest BCUT2D eigenvalue weighted by molar-refractivity contribution is -0.141. The molecule has 2 aliphatic rings. The summed E-state index contributed by atoms with van der Waals surface area (Å²) >= 11 is 0. The molecule has 0 aromatic heterocycles. The molecule has 0 aromatic rings. The summed E-state index contributed by atoms with van der Waals surface area (Å²) in [5.41, 5.74) is 0. The van der Waals surface area contributed by atoms with E-state index in [1.807, 2.05) is 0 Å². The summed E-state index contributed by atoms with van der Waals surface area (Å²) < 4.78 is 4.93. The Morgan fingerprint density at radius 2 is 2.20 bits per heavy atom. The van der Waals surface area contributed by atoms with E-state index in [4.69, 9.17) is 4.74 Å². The van der Waals surface area contributed by atoms with Gasteiger partial charge in [0.25, 0.3) is 0 Å². The first-order valence-corrected chi connectivity index (χ1v) is 5.28. The van der Waals surface area contributed by atoms with E-state index < -0.39 is 12.1 Å². The first-order valence-electron chi connectivity index (χ1n) is 5.28. The molecule has 2 saturated carbocycles. The second kappa shape index (κ2) is 3.94. The van der Waals surface area contributed by atoms with Crippen LogP contribution in [0.25, 0.3) is 0 Å². The van der Waals surface area contributed by atoms with Gasteiger partial charge in [-0.2, -0.15) is 0 Å². The fourth-order valence-electron chi connectivity index (χ4n) is 2.87. The van der Waals surface area contributed by atoms with E-state index in [9.17, 15) is 15.0 Å². The summed E-state index contributed by atoms with van der Waals surface area (Å²) in [5.74, 6) is -0.201. The average Bonchev–Trinajstić information content (AvgIpc) is 2.72. The van der Waals surface area contributed by atoms with E-state index >= 15 is 0 Å². The van der Waals surface area contributed by atoms with E-state index in [-0.39, 0.29) is 30.5 Å². The summed E-state index contributed by atoms with van der Waals surface area (Å²) in [6, 6.07) is 0. The highest BCUT2D eigenvalue weighted by Gasteiger charge is 2.51. The van der Waals surface area contributed by atoms with Crippen molar-refractivity contribution in [3.63, 3.8) is 0 Å². The Balaban J connectivity index is 1.90. The van der Waals surface area contributed by atoms with Gasteiger partial charge in [0, 0.05) is 17.9 Å². The van der Waals surface area contributed by atoms with Crippen LogP contribution in [0.5, 0.6) is 0 Å². The minimum absolute atomic E-state index is 0.0118. The zero-order valence-electron chi connectivity index (χ0n) is 8.50. The Hall–Kier alpha value is -0.870. The lowest BCUT2D eigenvalue weighted by atomic mass is 9.85. The van der Waals surface area contributed by atoms with E-state index in [0.29, 0.717) is 0 Å². The summed E-state index contributed by atoms with van der Waals surface area (Å²) in [6.45, 7) is 3.54. The van der Waals surface area contributed by atoms with Gasteiger partial charge in [-0.15, -0.1) is 0 Å². The summed E-state index contributed by atoms with van der Waals surface area (Å²) in [5, 5.41) is 19.4. The molecule has 0 radical (unpaired) electrons. The highest BCUT2D eigenvalue weighted by Crippen LogP contribution is 2.48. The number of carbonyl (C=O) groups is 1. The Kier molecular flexibility index (Phi) is 2.80. The van der Waals surface area contributed by atoms with Gasteiger partial charge in [0.05, 0.1) is 18.8 Å². The maximum absolute atomic E-state index is 10.9. The predicted octanol–water partition coefficient (Wildman–Crippen LogP) is 0.0934. The van der Waals surface area contributed by atoms with Crippen molar-refractivity contribution < 1.29 is 19.7 Å². The molecule has 5 atom stereocenters. The van der Waals surface area contributed by atoms with Crippen LogP contribution >= 0.6 is 0 Å². The molecule has 0 aromatic carbocycles. The van der Waals surface area contributed by atoms with E-state index in [0.717, 1.165) is 18.9 Å². The minimum atomic E-state index is -0.531. The smallest absolute Gasteiger partial charge is 0.330 e. The van der Waals surface area contributed by atoms with Gasteiger partial charge in [-0.25, -0.2) is 4.79 Å². The number of hydrogen-bond acceptors (Lipinski definition) is 4. The molecule has 0 saturated heterocycles. The second-order valence-corrected chi connectivity index (χ2v) is 4.45. The van der Waals surface area contributed by atoms with Crippen molar-refractivity contribution in [2.45, 2.75) is 25.0 Å². The van der Waals surface area contributed by atoms with Crippen LogP contribution in [0.1, 0.15) is 12.8 Å². The minimum Gasteiger partial charge on any atom is -0.462 e. The Morgan fingerprint density at radius 3 is 2.73 bits per heavy atom. The van der Waals surface area contributed by atoms with Gasteiger partial charge >= 0.3 is 5.97 Å². The van der Waals surface area contributed by atoms with E-state index in [1.54, 1.807) is 0 Å². The van der Waals surface area contributed by atoms with Crippen molar-refractivity contribution in [1.29, 1.82) is 0 Å². The maximum Gasteiger partial charge on any atom is 0.330 e. The largest absolute Gasteiger partial charge is 0.462 e. The van der Waals surface area contributed by atoms with Crippen molar-refractivity contribution in [2.75, 3.05) is 6.61 Å². The van der Waals surface area contributed by atoms with Crippen LogP contribution in [0.15, 0.2) is 12.7 Å². The molecule has 0 aliphatic heterocycles. The molecule has 4 nitrogen and oxygen atoms in total. The zero-order valence-corrected chi connectivity index (χ0v) is 8.50. The Morgan fingerprint density at radius 1 is 1.47 bits per heavy atom. The molecule has 0 amide bonds. The van der Waals surface area contributed by atoms with E-state index in [1.165, 1.54) is 0 Å². The molecule has 5 unspecified atom stereocenters. The lowest BCUT2D eigenvalue weighted by Crippen LogP contribution is -2.38. The summed E-state index contributed by atoms with van der Waals surface area (Å²) in [4.78, 5) is 10.9. The molecule has 0 spiro atoms. The third-order valence-electron chi connectivity index (χ3n) is 3.68. The van der Waals surface area contributed by atoms with Gasteiger partial charge in [0.2, 0.25) is 0 Å². The monoisotopic (exact) mass is 212 g/mol. The fourth-order valence-corrected chi connectivity index (χ4v) is 2.87. The third-order valence-corrected chi connectivity index (χ3v) is 3.68. The van der Waals surface area contributed by atoms with Gasteiger partial charge in [-0.3, -0.25) is 0 Å². The number of carbonyl (C=O) groups excluding carboxylic acids is 1. The summed E-state index contributed by atoms with van der Waals surface area (Å²) in [7, 11) is 0. The van der Waals surface area contributed by atoms with Crippen LogP contribution in [0, 0.1) is 17.8 Å². The molecule has 2 fully saturated rings. The maximum atomic E-state index is 10.9. The van der Waals surface area contributed by atoms with Crippen LogP contribution in [-0.4, -0.2) is 35.0 Å². The third kappa shape index (κ3) is 1.79. The highest BCUT2D eigenvalue weighted by molar-refractivity contribution is 5.81. The molecule has 2 rings (SSSR count). The van der Waals surface area contributed by atoms with Crippen molar-refractivity contribution in [1.82, 2.24) is 0 Å². The highest BCUT2D eigenvalue weighted by atomic mass is 16.5. The normalized spacial score (nSPS) is 42.9. The van der Waals surface area contributed by atoms with Crippen LogP contribution in [-0.2, 0) is 9.53 Å². The molecule has 84 valence electrons. The van der Waals surface area contributed by atoms with Crippen LogP contribution < -0.4 is 0 Å². The number of fused-ring (bicyclic) bond motifs is 2. The van der Waals surface area contributed by atoms with Gasteiger partial charge < -0.3 is 14.9 Å². The standard InChI is InChI=1S/C11H16O4/c1-2-10(13)15-5-8-6-3-7(11(8)14)9(12)4-6/h2,6-9,11-12,14H,1,3-5H2. The van der Waals surface area contributed by atoms with Gasteiger partial charge in [0.15, 0.2) is 0 Å². The van der Waals surface area contributed by atoms with E-state index in [2.05, 4.69) is 6.58 Å². The average molecular weight is 212 g/mol. The first kappa shape index (κ1) is 10.6. The topological polar surface area (TPSA) is 66.8 Å². The molecule has 2 bridgehead atoms. The van der Waals surface area contributed by atoms with Crippen molar-refractivity contribution in [3.8, 4) is 0 Å². The van der Waals surface area contributed by atoms with Gasteiger partial charge in [-0.1, -0.05) is 6.58 Å². The number of hydrogen-bond donors (Lipinski definition) is 2. The second-order valence-electron chi connectivity index (χ2n) is 4.45. The fraction of sp³-hybridized carbons (Fsp3) is 0.727. The predicted molar refractivity (Wildman–Crippen MR) is 52.9 cm³/mol. The molecule has 0 heterocycles. The quantitative estimate of drug-likeness (QED) is 0.514. The SMILES string of the molecule is C=CC(=O)OCC1C2CC(O)C(C2)C1O. The molecule has 15 heavy (non-hydrogen) atoms. The molecule has 2 N–H and O–H groups in total. The number of aliphatic hydroxyl groups is 2. The number of rotatable bonds is 3. The van der Waals surface area contributed by atoms with Crippen molar-refractivity contribution >= 4 is 5.97 Å². The molecular weight excluding hydrogens is 196 g/mol. The van der Waals surface area contributed by atoms with Crippen LogP contribution in [0.4, 0.5) is 0 Å². The molecule has 2 aliphatic carbocycles. The Bertz CT molecular complexity index is 274.